The van der Waals surface area contributed by atoms with Crippen LogP contribution in [0.1, 0.15) is 59.8 Å². The standard InChI is InChI=1S/C24H24N4O4/c25-22(30)17-6-7-18(14-28-12-2-5-21(28)29)20(13-17)31-19-10-8-16(9-11-19)24-26-23(27-32-24)15-3-1-4-15/h6-11,13,15H,1-5,12,14H2,(H2,25,30). The van der Waals surface area contributed by atoms with Crippen LogP contribution in [-0.2, 0) is 11.3 Å². The Morgan fingerprint density at radius 3 is 2.62 bits per heavy atom. The number of rotatable bonds is 7. The highest BCUT2D eigenvalue weighted by molar-refractivity contribution is 5.93. The molecule has 1 saturated carbocycles. The predicted molar refractivity (Wildman–Crippen MR) is 116 cm³/mol. The first-order valence-electron chi connectivity index (χ1n) is 10.9. The summed E-state index contributed by atoms with van der Waals surface area (Å²) in [5, 5.41) is 4.10. The van der Waals surface area contributed by atoms with Gasteiger partial charge in [-0.2, -0.15) is 4.98 Å². The largest absolute Gasteiger partial charge is 0.457 e. The zero-order valence-corrected chi connectivity index (χ0v) is 17.6. The Morgan fingerprint density at radius 1 is 1.16 bits per heavy atom. The third-order valence-corrected chi connectivity index (χ3v) is 6.13. The lowest BCUT2D eigenvalue weighted by Crippen LogP contribution is -2.24. The first kappa shape index (κ1) is 20.2. The Bertz CT molecular complexity index is 1150. The maximum absolute atomic E-state index is 12.1. The number of nitrogens with zero attached hydrogens (tertiary/aromatic N) is 3. The van der Waals surface area contributed by atoms with Gasteiger partial charge in [0, 0.05) is 42.1 Å². The van der Waals surface area contributed by atoms with E-state index in [1.807, 2.05) is 24.3 Å². The topological polar surface area (TPSA) is 112 Å². The van der Waals surface area contributed by atoms with Crippen molar-refractivity contribution in [2.45, 2.75) is 44.6 Å². The second kappa shape index (κ2) is 8.45. The summed E-state index contributed by atoms with van der Waals surface area (Å²) in [5.74, 6) is 2.35. The van der Waals surface area contributed by atoms with Crippen LogP contribution in [-0.4, -0.2) is 33.4 Å². The molecule has 0 radical (unpaired) electrons. The number of benzene rings is 2. The van der Waals surface area contributed by atoms with Crippen molar-refractivity contribution in [3.8, 4) is 23.0 Å². The lowest BCUT2D eigenvalue weighted by molar-refractivity contribution is -0.128. The summed E-state index contributed by atoms with van der Waals surface area (Å²) in [5.41, 5.74) is 7.43. The summed E-state index contributed by atoms with van der Waals surface area (Å²) in [4.78, 5) is 30.0. The smallest absolute Gasteiger partial charge is 0.257 e. The van der Waals surface area contributed by atoms with Gasteiger partial charge >= 0.3 is 0 Å². The number of ether oxygens (including phenoxy) is 1. The molecule has 32 heavy (non-hydrogen) atoms. The number of carbonyl (C=O) groups is 2. The van der Waals surface area contributed by atoms with Crippen molar-refractivity contribution in [2.24, 2.45) is 5.73 Å². The normalized spacial score (nSPS) is 16.2. The van der Waals surface area contributed by atoms with Crippen LogP contribution in [0.25, 0.3) is 11.5 Å². The van der Waals surface area contributed by atoms with E-state index in [0.717, 1.165) is 42.8 Å². The molecule has 8 nitrogen and oxygen atoms in total. The molecule has 2 fully saturated rings. The minimum Gasteiger partial charge on any atom is -0.457 e. The van der Waals surface area contributed by atoms with Gasteiger partial charge in [-0.05, 0) is 55.7 Å². The van der Waals surface area contributed by atoms with Crippen molar-refractivity contribution >= 4 is 11.8 Å². The van der Waals surface area contributed by atoms with Gasteiger partial charge in [0.2, 0.25) is 11.8 Å². The number of nitrogens with two attached hydrogens (primary N) is 1. The summed E-state index contributed by atoms with van der Waals surface area (Å²) >= 11 is 0. The highest BCUT2D eigenvalue weighted by Gasteiger charge is 2.25. The minimum atomic E-state index is -0.535. The van der Waals surface area contributed by atoms with Gasteiger partial charge in [0.25, 0.3) is 5.89 Å². The number of aromatic nitrogens is 2. The Kier molecular flexibility index (Phi) is 5.34. The zero-order chi connectivity index (χ0) is 22.1. The molecule has 2 amide bonds. The van der Waals surface area contributed by atoms with Crippen LogP contribution in [0, 0.1) is 0 Å². The van der Waals surface area contributed by atoms with Crippen molar-refractivity contribution in [1.29, 1.82) is 0 Å². The molecule has 164 valence electrons. The van der Waals surface area contributed by atoms with Crippen LogP contribution in [0.3, 0.4) is 0 Å². The fraction of sp³-hybridized carbons (Fsp3) is 0.333. The molecule has 1 aromatic heterocycles. The summed E-state index contributed by atoms with van der Waals surface area (Å²) in [6, 6.07) is 12.4. The molecular weight excluding hydrogens is 408 g/mol. The summed E-state index contributed by atoms with van der Waals surface area (Å²) in [7, 11) is 0. The van der Waals surface area contributed by atoms with Gasteiger partial charge in [0.1, 0.15) is 11.5 Å². The molecule has 2 N–H and O–H groups in total. The van der Waals surface area contributed by atoms with Crippen LogP contribution in [0.5, 0.6) is 11.5 Å². The summed E-state index contributed by atoms with van der Waals surface area (Å²) < 4.78 is 11.5. The van der Waals surface area contributed by atoms with Gasteiger partial charge in [0.05, 0.1) is 0 Å². The maximum atomic E-state index is 12.1. The van der Waals surface area contributed by atoms with Crippen LogP contribution in [0.2, 0.25) is 0 Å². The Labute approximate surface area is 185 Å². The van der Waals surface area contributed by atoms with Crippen LogP contribution in [0.4, 0.5) is 0 Å². The van der Waals surface area contributed by atoms with Crippen LogP contribution < -0.4 is 10.5 Å². The Hall–Kier alpha value is -3.68. The average Bonchev–Trinajstić information content (AvgIpc) is 3.38. The molecule has 1 aliphatic carbocycles. The SMILES string of the molecule is NC(=O)c1ccc(CN2CCCC2=O)c(Oc2ccc(-c3nc(C4CCC4)no3)cc2)c1. The van der Waals surface area contributed by atoms with Gasteiger partial charge in [-0.3, -0.25) is 9.59 Å². The molecule has 2 heterocycles. The fourth-order valence-electron chi connectivity index (χ4n) is 3.99. The van der Waals surface area contributed by atoms with E-state index >= 15 is 0 Å². The van der Waals surface area contributed by atoms with E-state index in [4.69, 9.17) is 15.0 Å². The molecule has 8 heteroatoms. The van der Waals surface area contributed by atoms with Crippen molar-refractivity contribution in [3.05, 3.63) is 59.4 Å². The number of hydrogen-bond donors (Lipinski definition) is 1. The van der Waals surface area contributed by atoms with Crippen LogP contribution >= 0.6 is 0 Å². The van der Waals surface area contributed by atoms with Crippen LogP contribution in [0.15, 0.2) is 47.0 Å². The van der Waals surface area contributed by atoms with Crippen molar-refractivity contribution in [1.82, 2.24) is 15.0 Å². The molecule has 0 unspecified atom stereocenters. The number of primary amides is 1. The average molecular weight is 432 g/mol. The summed E-state index contributed by atoms with van der Waals surface area (Å²) in [6.45, 7) is 1.15. The van der Waals surface area contributed by atoms with E-state index < -0.39 is 5.91 Å². The molecule has 0 spiro atoms. The van der Waals surface area contributed by atoms with Gasteiger partial charge in [0.15, 0.2) is 5.82 Å². The van der Waals surface area contributed by atoms with Gasteiger partial charge in [-0.15, -0.1) is 0 Å². The highest BCUT2D eigenvalue weighted by atomic mass is 16.5. The van der Waals surface area contributed by atoms with Crippen molar-refractivity contribution in [2.75, 3.05) is 6.54 Å². The van der Waals surface area contributed by atoms with E-state index in [1.165, 1.54) is 6.42 Å². The molecule has 1 aliphatic heterocycles. The quantitative estimate of drug-likeness (QED) is 0.604. The Balaban J connectivity index is 1.36. The van der Waals surface area contributed by atoms with E-state index in [-0.39, 0.29) is 5.91 Å². The predicted octanol–water partition coefficient (Wildman–Crippen LogP) is 4.02. The lowest BCUT2D eigenvalue weighted by atomic mass is 9.85. The van der Waals surface area contributed by atoms with Crippen molar-refractivity contribution < 1.29 is 18.8 Å². The van der Waals surface area contributed by atoms with E-state index in [0.29, 0.717) is 41.8 Å². The molecule has 2 aliphatic rings. The Morgan fingerprint density at radius 2 is 1.97 bits per heavy atom. The molecule has 3 aromatic rings. The second-order valence-corrected chi connectivity index (χ2v) is 8.32. The number of hydrogen-bond acceptors (Lipinski definition) is 6. The molecule has 1 saturated heterocycles. The lowest BCUT2D eigenvalue weighted by Gasteiger charge is -2.20. The van der Waals surface area contributed by atoms with Gasteiger partial charge in [-0.25, -0.2) is 0 Å². The van der Waals surface area contributed by atoms with E-state index in [9.17, 15) is 9.59 Å². The molecular formula is C24H24N4O4. The monoisotopic (exact) mass is 432 g/mol. The molecule has 0 atom stereocenters. The van der Waals surface area contributed by atoms with Crippen molar-refractivity contribution in [3.63, 3.8) is 0 Å². The fourth-order valence-corrected chi connectivity index (χ4v) is 3.99. The van der Waals surface area contributed by atoms with E-state index in [1.54, 1.807) is 23.1 Å². The van der Waals surface area contributed by atoms with Gasteiger partial charge in [-0.1, -0.05) is 17.6 Å². The molecule has 2 aromatic carbocycles. The number of carbonyl (C=O) groups excluding carboxylic acids is 2. The molecule has 0 bridgehead atoms. The third-order valence-electron chi connectivity index (χ3n) is 6.13. The minimum absolute atomic E-state index is 0.125. The number of amides is 2. The first-order valence-corrected chi connectivity index (χ1v) is 10.9. The summed E-state index contributed by atoms with van der Waals surface area (Å²) in [6.07, 6.45) is 4.86. The van der Waals surface area contributed by atoms with Gasteiger partial charge < -0.3 is 19.9 Å². The maximum Gasteiger partial charge on any atom is 0.257 e. The second-order valence-electron chi connectivity index (χ2n) is 8.32. The third kappa shape index (κ3) is 4.08. The molecule has 5 rings (SSSR count). The van der Waals surface area contributed by atoms with E-state index in [2.05, 4.69) is 10.1 Å². The first-order chi connectivity index (χ1) is 15.6. The number of likely N-dealkylation sites (tertiary alicyclic amines) is 1. The zero-order valence-electron chi connectivity index (χ0n) is 17.6. The highest BCUT2D eigenvalue weighted by Crippen LogP contribution is 2.36.